The minimum Gasteiger partial charge on any atom is -0.343 e. The SMILES string of the molecule is Cn1c(CNC(=O)c2cc(-c3cccc(Cl)c3)n[nH]2)nc2ccccc21. The second-order valence-corrected chi connectivity index (χ2v) is 6.37. The average molecular weight is 366 g/mol. The third-order valence-electron chi connectivity index (χ3n) is 4.23. The lowest BCUT2D eigenvalue weighted by atomic mass is 10.1. The van der Waals surface area contributed by atoms with E-state index in [4.69, 9.17) is 11.6 Å². The number of aromatic nitrogens is 4. The van der Waals surface area contributed by atoms with Crippen molar-refractivity contribution in [2.75, 3.05) is 0 Å². The molecular formula is C19H16ClN5O. The third kappa shape index (κ3) is 3.07. The van der Waals surface area contributed by atoms with Gasteiger partial charge in [0.15, 0.2) is 0 Å². The number of aryl methyl sites for hydroxylation is 1. The van der Waals surface area contributed by atoms with Gasteiger partial charge in [-0.25, -0.2) is 4.98 Å². The van der Waals surface area contributed by atoms with Crippen LogP contribution in [0.1, 0.15) is 16.3 Å². The van der Waals surface area contributed by atoms with Crippen LogP contribution in [-0.4, -0.2) is 25.7 Å². The molecule has 0 spiro atoms. The fourth-order valence-electron chi connectivity index (χ4n) is 2.84. The van der Waals surface area contributed by atoms with Crippen LogP contribution in [0, 0.1) is 0 Å². The summed E-state index contributed by atoms with van der Waals surface area (Å²) in [5, 5.41) is 10.5. The lowest BCUT2D eigenvalue weighted by Gasteiger charge is -2.04. The maximum Gasteiger partial charge on any atom is 0.269 e. The molecule has 0 radical (unpaired) electrons. The first-order valence-corrected chi connectivity index (χ1v) is 8.49. The maximum atomic E-state index is 12.4. The number of para-hydroxylation sites is 2. The van der Waals surface area contributed by atoms with E-state index in [0.717, 1.165) is 22.4 Å². The second-order valence-electron chi connectivity index (χ2n) is 5.94. The quantitative estimate of drug-likeness (QED) is 0.580. The van der Waals surface area contributed by atoms with Crippen molar-refractivity contribution in [2.24, 2.45) is 7.05 Å². The average Bonchev–Trinajstić information content (AvgIpc) is 3.26. The summed E-state index contributed by atoms with van der Waals surface area (Å²) in [6.07, 6.45) is 0. The number of carbonyl (C=O) groups excluding carboxylic acids is 1. The molecule has 0 aliphatic rings. The molecule has 0 unspecified atom stereocenters. The van der Waals surface area contributed by atoms with E-state index >= 15 is 0 Å². The van der Waals surface area contributed by atoms with E-state index in [1.165, 1.54) is 0 Å². The molecule has 6 nitrogen and oxygen atoms in total. The summed E-state index contributed by atoms with van der Waals surface area (Å²) in [6.45, 7) is 0.329. The molecule has 0 saturated heterocycles. The van der Waals surface area contributed by atoms with Crippen molar-refractivity contribution < 1.29 is 4.79 Å². The number of hydrogen-bond donors (Lipinski definition) is 2. The van der Waals surface area contributed by atoms with Gasteiger partial charge < -0.3 is 9.88 Å². The van der Waals surface area contributed by atoms with E-state index in [0.29, 0.717) is 23.0 Å². The molecular weight excluding hydrogens is 350 g/mol. The van der Waals surface area contributed by atoms with Gasteiger partial charge in [-0.3, -0.25) is 9.89 Å². The molecule has 2 N–H and O–H groups in total. The number of amides is 1. The number of hydrogen-bond acceptors (Lipinski definition) is 3. The van der Waals surface area contributed by atoms with Gasteiger partial charge in [0.1, 0.15) is 11.5 Å². The van der Waals surface area contributed by atoms with Crippen LogP contribution in [0.4, 0.5) is 0 Å². The number of imidazole rings is 1. The van der Waals surface area contributed by atoms with Crippen molar-refractivity contribution in [2.45, 2.75) is 6.54 Å². The molecule has 0 fully saturated rings. The van der Waals surface area contributed by atoms with E-state index in [9.17, 15) is 4.79 Å². The predicted octanol–water partition coefficient (Wildman–Crippen LogP) is 3.55. The van der Waals surface area contributed by atoms with Gasteiger partial charge in [0, 0.05) is 17.6 Å². The first kappa shape index (κ1) is 16.4. The van der Waals surface area contributed by atoms with E-state index in [2.05, 4.69) is 20.5 Å². The highest BCUT2D eigenvalue weighted by Gasteiger charge is 2.13. The highest BCUT2D eigenvalue weighted by molar-refractivity contribution is 6.30. The van der Waals surface area contributed by atoms with Crippen LogP contribution in [0.2, 0.25) is 5.02 Å². The summed E-state index contributed by atoms with van der Waals surface area (Å²) in [5.74, 6) is 0.548. The fourth-order valence-corrected chi connectivity index (χ4v) is 3.03. The largest absolute Gasteiger partial charge is 0.343 e. The number of nitrogens with zero attached hydrogens (tertiary/aromatic N) is 3. The van der Waals surface area contributed by atoms with Crippen LogP contribution in [0.25, 0.3) is 22.3 Å². The number of nitrogens with one attached hydrogen (secondary N) is 2. The van der Waals surface area contributed by atoms with E-state index in [1.54, 1.807) is 18.2 Å². The predicted molar refractivity (Wildman–Crippen MR) is 101 cm³/mol. The molecule has 26 heavy (non-hydrogen) atoms. The van der Waals surface area contributed by atoms with Crippen LogP contribution in [-0.2, 0) is 13.6 Å². The van der Waals surface area contributed by atoms with Crippen molar-refractivity contribution in [3.05, 3.63) is 71.1 Å². The molecule has 130 valence electrons. The number of benzene rings is 2. The minimum atomic E-state index is -0.238. The molecule has 2 aromatic carbocycles. The number of halogens is 1. The Morgan fingerprint density at radius 1 is 1.19 bits per heavy atom. The molecule has 2 heterocycles. The molecule has 4 rings (SSSR count). The third-order valence-corrected chi connectivity index (χ3v) is 4.46. The van der Waals surface area contributed by atoms with Crippen molar-refractivity contribution in [3.63, 3.8) is 0 Å². The Hall–Kier alpha value is -3.12. The number of aromatic amines is 1. The van der Waals surface area contributed by atoms with Crippen LogP contribution in [0.5, 0.6) is 0 Å². The molecule has 0 saturated carbocycles. The lowest BCUT2D eigenvalue weighted by molar-refractivity contribution is 0.0944. The highest BCUT2D eigenvalue weighted by Crippen LogP contribution is 2.21. The van der Waals surface area contributed by atoms with Gasteiger partial charge in [0.05, 0.1) is 23.3 Å². The molecule has 0 atom stereocenters. The molecule has 2 aromatic heterocycles. The summed E-state index contributed by atoms with van der Waals surface area (Å²) in [7, 11) is 1.93. The van der Waals surface area contributed by atoms with Crippen molar-refractivity contribution in [1.29, 1.82) is 0 Å². The van der Waals surface area contributed by atoms with Crippen molar-refractivity contribution in [3.8, 4) is 11.3 Å². The lowest BCUT2D eigenvalue weighted by Crippen LogP contribution is -2.24. The van der Waals surface area contributed by atoms with E-state index in [1.807, 2.05) is 48.0 Å². The minimum absolute atomic E-state index is 0.238. The van der Waals surface area contributed by atoms with Gasteiger partial charge in [0.25, 0.3) is 5.91 Å². The van der Waals surface area contributed by atoms with E-state index in [-0.39, 0.29) is 5.91 Å². The molecule has 0 bridgehead atoms. The molecule has 1 amide bonds. The summed E-state index contributed by atoms with van der Waals surface area (Å²) in [5.41, 5.74) is 3.84. The number of H-pyrrole nitrogens is 1. The number of fused-ring (bicyclic) bond motifs is 1. The Labute approximate surface area is 154 Å². The second kappa shape index (κ2) is 6.65. The Bertz CT molecular complexity index is 1100. The van der Waals surface area contributed by atoms with Gasteiger partial charge in [0.2, 0.25) is 0 Å². The maximum absolute atomic E-state index is 12.4. The standard InChI is InChI=1S/C19H16ClN5O/c1-25-17-8-3-2-7-14(17)22-18(25)11-21-19(26)16-10-15(23-24-16)12-5-4-6-13(20)9-12/h2-10H,11H2,1H3,(H,21,26)(H,23,24). The monoisotopic (exact) mass is 365 g/mol. The summed E-state index contributed by atoms with van der Waals surface area (Å²) in [4.78, 5) is 17.0. The topological polar surface area (TPSA) is 75.6 Å². The molecule has 7 heteroatoms. The Morgan fingerprint density at radius 2 is 2.04 bits per heavy atom. The van der Waals surface area contributed by atoms with Crippen LogP contribution >= 0.6 is 11.6 Å². The molecule has 0 aliphatic carbocycles. The zero-order chi connectivity index (χ0) is 18.1. The normalized spacial score (nSPS) is 11.0. The van der Waals surface area contributed by atoms with Crippen molar-refractivity contribution >= 4 is 28.5 Å². The smallest absolute Gasteiger partial charge is 0.269 e. The summed E-state index contributed by atoms with van der Waals surface area (Å²) < 4.78 is 1.97. The van der Waals surface area contributed by atoms with Gasteiger partial charge in [-0.1, -0.05) is 35.9 Å². The highest BCUT2D eigenvalue weighted by atomic mass is 35.5. The number of rotatable bonds is 4. The summed E-state index contributed by atoms with van der Waals surface area (Å²) in [6, 6.07) is 16.9. The Balaban J connectivity index is 1.49. The zero-order valence-corrected chi connectivity index (χ0v) is 14.8. The zero-order valence-electron chi connectivity index (χ0n) is 14.0. The van der Waals surface area contributed by atoms with E-state index < -0.39 is 0 Å². The summed E-state index contributed by atoms with van der Waals surface area (Å²) >= 11 is 6.00. The van der Waals surface area contributed by atoms with Crippen LogP contribution in [0.3, 0.4) is 0 Å². The van der Waals surface area contributed by atoms with Crippen LogP contribution < -0.4 is 5.32 Å². The molecule has 0 aliphatic heterocycles. The first-order chi connectivity index (χ1) is 12.6. The van der Waals surface area contributed by atoms with Crippen LogP contribution in [0.15, 0.2) is 54.6 Å². The Kier molecular flexibility index (Phi) is 4.18. The molecule has 4 aromatic rings. The van der Waals surface area contributed by atoms with Gasteiger partial charge in [-0.15, -0.1) is 0 Å². The Morgan fingerprint density at radius 3 is 2.85 bits per heavy atom. The fraction of sp³-hybridized carbons (Fsp3) is 0.105. The number of carbonyl (C=O) groups is 1. The van der Waals surface area contributed by atoms with Gasteiger partial charge >= 0.3 is 0 Å². The van der Waals surface area contributed by atoms with Crippen molar-refractivity contribution in [1.82, 2.24) is 25.1 Å². The first-order valence-electron chi connectivity index (χ1n) is 8.12. The van der Waals surface area contributed by atoms with Gasteiger partial charge in [-0.2, -0.15) is 5.10 Å². The van der Waals surface area contributed by atoms with Gasteiger partial charge in [-0.05, 0) is 30.3 Å².